The molecule has 0 spiro atoms. The molecule has 3 heterocycles. The summed E-state index contributed by atoms with van der Waals surface area (Å²) in [4.78, 5) is 32.9. The highest BCUT2D eigenvalue weighted by Gasteiger charge is 2.17. The number of nitrogens with zero attached hydrogens (tertiary/aromatic N) is 4. The Bertz CT molecular complexity index is 1020. The van der Waals surface area contributed by atoms with Gasteiger partial charge in [0.05, 0.1) is 6.61 Å². The van der Waals surface area contributed by atoms with Gasteiger partial charge in [0, 0.05) is 38.3 Å². The summed E-state index contributed by atoms with van der Waals surface area (Å²) >= 11 is 0. The van der Waals surface area contributed by atoms with Crippen LogP contribution in [0.3, 0.4) is 0 Å². The smallest absolute Gasteiger partial charge is 0.245 e. The second kappa shape index (κ2) is 10.7. The predicted molar refractivity (Wildman–Crippen MR) is 124 cm³/mol. The van der Waals surface area contributed by atoms with E-state index in [1.165, 1.54) is 11.1 Å². The lowest BCUT2D eigenvalue weighted by atomic mass is 10.0. The highest BCUT2D eigenvalue weighted by Crippen LogP contribution is 2.24. The lowest BCUT2D eigenvalue weighted by molar-refractivity contribution is -0.132. The maximum atomic E-state index is 11.8. The van der Waals surface area contributed by atoms with Crippen LogP contribution in [0.1, 0.15) is 24.5 Å². The van der Waals surface area contributed by atoms with E-state index in [9.17, 15) is 4.79 Å². The summed E-state index contributed by atoms with van der Waals surface area (Å²) in [6.07, 6.45) is 3.95. The van der Waals surface area contributed by atoms with E-state index in [1.54, 1.807) is 6.20 Å². The lowest BCUT2D eigenvalue weighted by Crippen LogP contribution is -2.28. The van der Waals surface area contributed by atoms with Crippen LogP contribution < -0.4 is 15.7 Å². The van der Waals surface area contributed by atoms with Crippen LogP contribution in [0.2, 0.25) is 0 Å². The molecule has 4 rings (SSSR count). The van der Waals surface area contributed by atoms with Crippen molar-refractivity contribution in [2.45, 2.75) is 26.2 Å². The fourth-order valence-corrected chi connectivity index (χ4v) is 3.70. The molecule has 1 aromatic carbocycles. The Hall–Kier alpha value is -3.52. The highest BCUT2D eigenvalue weighted by molar-refractivity contribution is 5.75. The zero-order valence-corrected chi connectivity index (χ0v) is 18.3. The molecular formula is C24H28N6O2. The summed E-state index contributed by atoms with van der Waals surface area (Å²) in [7, 11) is 0. The van der Waals surface area contributed by atoms with E-state index < -0.39 is 0 Å². The number of anilines is 2. The summed E-state index contributed by atoms with van der Waals surface area (Å²) in [5, 5.41) is 3.25. The van der Waals surface area contributed by atoms with Crippen molar-refractivity contribution >= 4 is 17.5 Å². The molecule has 8 nitrogen and oxygen atoms in total. The average molecular weight is 433 g/mol. The minimum Gasteiger partial charge on any atom is -0.369 e. The Labute approximate surface area is 188 Å². The Kier molecular flexibility index (Phi) is 7.24. The maximum Gasteiger partial charge on any atom is 0.245 e. The van der Waals surface area contributed by atoms with Crippen LogP contribution in [0, 0.1) is 0 Å². The Balaban J connectivity index is 1.53. The SMILES string of the molecule is CCONC(=O)CCNc1cc(N2CCc3ccccc3CC2)nc(-c2ccccn2)n1. The number of benzene rings is 1. The van der Waals surface area contributed by atoms with Gasteiger partial charge in [0.25, 0.3) is 0 Å². The summed E-state index contributed by atoms with van der Waals surface area (Å²) < 4.78 is 0. The van der Waals surface area contributed by atoms with E-state index in [1.807, 2.05) is 31.2 Å². The number of carbonyl (C=O) groups is 1. The van der Waals surface area contributed by atoms with Gasteiger partial charge >= 0.3 is 0 Å². The van der Waals surface area contributed by atoms with Crippen molar-refractivity contribution in [3.8, 4) is 11.5 Å². The molecule has 0 fully saturated rings. The Morgan fingerprint density at radius 1 is 1.06 bits per heavy atom. The lowest BCUT2D eigenvalue weighted by Gasteiger charge is -2.22. The van der Waals surface area contributed by atoms with Crippen LogP contribution in [0.5, 0.6) is 0 Å². The van der Waals surface area contributed by atoms with Gasteiger partial charge in [-0.05, 0) is 43.0 Å². The van der Waals surface area contributed by atoms with Crippen molar-refractivity contribution in [3.05, 3.63) is 65.9 Å². The number of amides is 1. The van der Waals surface area contributed by atoms with Crippen molar-refractivity contribution < 1.29 is 9.63 Å². The maximum absolute atomic E-state index is 11.8. The van der Waals surface area contributed by atoms with E-state index in [0.717, 1.165) is 31.7 Å². The number of fused-ring (bicyclic) bond motifs is 1. The quantitative estimate of drug-likeness (QED) is 0.529. The van der Waals surface area contributed by atoms with Gasteiger partial charge in [-0.2, -0.15) is 0 Å². The van der Waals surface area contributed by atoms with Gasteiger partial charge in [0.1, 0.15) is 17.3 Å². The minimum atomic E-state index is -0.177. The first-order valence-electron chi connectivity index (χ1n) is 11.0. The second-order valence-electron chi connectivity index (χ2n) is 7.54. The van der Waals surface area contributed by atoms with Gasteiger partial charge in [-0.25, -0.2) is 15.4 Å². The first-order valence-corrected chi connectivity index (χ1v) is 11.0. The molecule has 2 aromatic heterocycles. The van der Waals surface area contributed by atoms with E-state index in [0.29, 0.717) is 30.5 Å². The molecule has 0 unspecified atom stereocenters. The fourth-order valence-electron chi connectivity index (χ4n) is 3.70. The van der Waals surface area contributed by atoms with E-state index in [-0.39, 0.29) is 12.3 Å². The molecule has 0 saturated carbocycles. The molecule has 2 N–H and O–H groups in total. The van der Waals surface area contributed by atoms with Gasteiger partial charge < -0.3 is 10.2 Å². The van der Waals surface area contributed by atoms with Crippen molar-refractivity contribution in [3.63, 3.8) is 0 Å². The average Bonchev–Trinajstić information content (AvgIpc) is 3.06. The zero-order chi connectivity index (χ0) is 22.2. The molecule has 1 amide bonds. The van der Waals surface area contributed by atoms with Gasteiger partial charge in [0.2, 0.25) is 5.91 Å². The normalized spacial score (nSPS) is 13.2. The zero-order valence-electron chi connectivity index (χ0n) is 18.3. The number of nitrogens with one attached hydrogen (secondary N) is 2. The topological polar surface area (TPSA) is 92.3 Å². The summed E-state index contributed by atoms with van der Waals surface area (Å²) in [6, 6.07) is 16.3. The van der Waals surface area contributed by atoms with E-state index in [4.69, 9.17) is 9.82 Å². The van der Waals surface area contributed by atoms with Gasteiger partial charge in [-0.15, -0.1) is 0 Å². The Morgan fingerprint density at radius 2 is 1.81 bits per heavy atom. The molecule has 0 radical (unpaired) electrons. The van der Waals surface area contributed by atoms with Crippen LogP contribution in [-0.2, 0) is 22.5 Å². The second-order valence-corrected chi connectivity index (χ2v) is 7.54. The van der Waals surface area contributed by atoms with Crippen LogP contribution in [0.25, 0.3) is 11.5 Å². The molecule has 8 heteroatoms. The minimum absolute atomic E-state index is 0.177. The number of hydrogen-bond donors (Lipinski definition) is 2. The third-order valence-corrected chi connectivity index (χ3v) is 5.34. The van der Waals surface area contributed by atoms with Crippen LogP contribution in [-0.4, -0.2) is 47.1 Å². The monoisotopic (exact) mass is 432 g/mol. The molecule has 1 aliphatic heterocycles. The largest absolute Gasteiger partial charge is 0.369 e. The third kappa shape index (κ3) is 5.59. The van der Waals surface area contributed by atoms with Crippen molar-refractivity contribution in [1.29, 1.82) is 0 Å². The Morgan fingerprint density at radius 3 is 2.50 bits per heavy atom. The fraction of sp³-hybridized carbons (Fsp3) is 0.333. The van der Waals surface area contributed by atoms with Crippen LogP contribution in [0.4, 0.5) is 11.6 Å². The number of aromatic nitrogens is 3. The van der Waals surface area contributed by atoms with Crippen molar-refractivity contribution in [1.82, 2.24) is 20.4 Å². The van der Waals surface area contributed by atoms with Gasteiger partial charge in [-0.1, -0.05) is 30.3 Å². The molecule has 32 heavy (non-hydrogen) atoms. The van der Waals surface area contributed by atoms with Gasteiger partial charge in [0.15, 0.2) is 5.82 Å². The number of carbonyl (C=O) groups excluding carboxylic acids is 1. The number of hydrogen-bond acceptors (Lipinski definition) is 7. The molecule has 1 aliphatic rings. The highest BCUT2D eigenvalue weighted by atomic mass is 16.6. The molecule has 0 bridgehead atoms. The van der Waals surface area contributed by atoms with E-state index in [2.05, 4.69) is 49.9 Å². The first kappa shape index (κ1) is 21.7. The molecule has 0 aliphatic carbocycles. The van der Waals surface area contributed by atoms with Crippen LogP contribution in [0.15, 0.2) is 54.7 Å². The van der Waals surface area contributed by atoms with Crippen molar-refractivity contribution in [2.75, 3.05) is 36.5 Å². The predicted octanol–water partition coefficient (Wildman–Crippen LogP) is 3.01. The summed E-state index contributed by atoms with van der Waals surface area (Å²) in [6.45, 7) is 4.45. The number of pyridine rings is 1. The standard InChI is InChI=1S/C24H28N6O2/c1-2-32-29-23(31)10-14-26-21-17-22(28-24(27-21)20-9-5-6-13-25-20)30-15-11-18-7-3-4-8-19(18)12-16-30/h3-9,13,17H,2,10-12,14-16H2,1H3,(H,29,31)(H,26,27,28). The molecule has 166 valence electrons. The van der Waals surface area contributed by atoms with Crippen LogP contribution >= 0.6 is 0 Å². The summed E-state index contributed by atoms with van der Waals surface area (Å²) in [5.41, 5.74) is 5.91. The number of hydroxylamine groups is 1. The van der Waals surface area contributed by atoms with Crippen molar-refractivity contribution in [2.24, 2.45) is 0 Å². The summed E-state index contributed by atoms with van der Waals surface area (Å²) in [5.74, 6) is 1.91. The molecule has 0 saturated heterocycles. The first-order chi connectivity index (χ1) is 15.7. The molecule has 0 atom stereocenters. The third-order valence-electron chi connectivity index (χ3n) is 5.34. The van der Waals surface area contributed by atoms with E-state index >= 15 is 0 Å². The number of rotatable bonds is 8. The molecule has 3 aromatic rings. The van der Waals surface area contributed by atoms with Gasteiger partial charge in [-0.3, -0.25) is 14.6 Å². The molecular weight excluding hydrogens is 404 g/mol.